The summed E-state index contributed by atoms with van der Waals surface area (Å²) < 4.78 is 27.2. The minimum atomic E-state index is -4.14. The number of rotatable bonds is 8. The van der Waals surface area contributed by atoms with E-state index in [0.29, 0.717) is 12.8 Å². The zero-order valence-electron chi connectivity index (χ0n) is 14.3. The summed E-state index contributed by atoms with van der Waals surface area (Å²) in [7, 11) is -4.14. The molecule has 0 aromatic heterocycles. The molecule has 1 heterocycles. The largest absolute Gasteiger partial charge is 0.480 e. The van der Waals surface area contributed by atoms with E-state index in [1.54, 1.807) is 18.2 Å². The highest BCUT2D eigenvalue weighted by Gasteiger charge is 2.45. The fourth-order valence-corrected chi connectivity index (χ4v) is 4.68. The molecule has 2 atom stereocenters. The van der Waals surface area contributed by atoms with Crippen LogP contribution in [0.15, 0.2) is 40.4 Å². The standard InChI is InChI=1S/C16H23N3O5S/c1-12(2)11-14(16(20)21)19(18-10-6-9-15(18)17-22)25(23,24)13-7-4-3-5-8-13/h3-5,7-8,12,14-15H,6,9-11H2,1-2H3,(H,20,21)/t14-,15-/m0/s1. The summed E-state index contributed by atoms with van der Waals surface area (Å²) >= 11 is 0. The number of sulfonamides is 1. The van der Waals surface area contributed by atoms with Crippen LogP contribution in [0.3, 0.4) is 0 Å². The maximum Gasteiger partial charge on any atom is 0.323 e. The van der Waals surface area contributed by atoms with E-state index in [9.17, 15) is 23.2 Å². The number of nitrogens with zero attached hydrogens (tertiary/aromatic N) is 3. The molecule has 9 heteroatoms. The molecule has 1 aliphatic rings. The maximum absolute atomic E-state index is 13.2. The van der Waals surface area contributed by atoms with E-state index < -0.39 is 28.2 Å². The average Bonchev–Trinajstić information content (AvgIpc) is 3.02. The molecule has 0 spiro atoms. The third-order valence-electron chi connectivity index (χ3n) is 4.10. The lowest BCUT2D eigenvalue weighted by molar-refractivity contribution is -0.147. The van der Waals surface area contributed by atoms with Gasteiger partial charge in [-0.1, -0.05) is 32.0 Å². The molecular formula is C16H23N3O5S. The summed E-state index contributed by atoms with van der Waals surface area (Å²) in [6.45, 7) is 3.91. The second-order valence-corrected chi connectivity index (χ2v) is 8.26. The van der Waals surface area contributed by atoms with Gasteiger partial charge in [0.2, 0.25) is 0 Å². The SMILES string of the molecule is CC(C)C[C@@H](C(=O)O)N(N1CCC[C@H]1N=O)S(=O)(=O)c1ccccc1. The third kappa shape index (κ3) is 4.23. The summed E-state index contributed by atoms with van der Waals surface area (Å²) in [4.78, 5) is 23.0. The first kappa shape index (κ1) is 19.5. The molecule has 0 bridgehead atoms. The van der Waals surface area contributed by atoms with Crippen molar-refractivity contribution in [3.8, 4) is 0 Å². The van der Waals surface area contributed by atoms with Crippen LogP contribution in [0.4, 0.5) is 0 Å². The first-order valence-corrected chi connectivity index (χ1v) is 9.64. The van der Waals surface area contributed by atoms with Gasteiger partial charge in [0.25, 0.3) is 10.0 Å². The van der Waals surface area contributed by atoms with Crippen molar-refractivity contribution in [2.75, 3.05) is 6.54 Å². The van der Waals surface area contributed by atoms with Crippen molar-refractivity contribution < 1.29 is 18.3 Å². The number of benzene rings is 1. The summed E-state index contributed by atoms with van der Waals surface area (Å²) in [6.07, 6.45) is 0.222. The van der Waals surface area contributed by atoms with Gasteiger partial charge in [0.05, 0.1) is 4.90 Å². The number of hydrogen-bond donors (Lipinski definition) is 1. The van der Waals surface area contributed by atoms with E-state index in [1.807, 2.05) is 13.8 Å². The van der Waals surface area contributed by atoms with Crippen molar-refractivity contribution in [3.05, 3.63) is 35.2 Å². The smallest absolute Gasteiger partial charge is 0.323 e. The molecule has 0 unspecified atom stereocenters. The van der Waals surface area contributed by atoms with Gasteiger partial charge in [0.15, 0.2) is 6.17 Å². The van der Waals surface area contributed by atoms with Gasteiger partial charge in [-0.15, -0.1) is 9.32 Å². The van der Waals surface area contributed by atoms with E-state index in [-0.39, 0.29) is 23.8 Å². The lowest BCUT2D eigenvalue weighted by Gasteiger charge is -2.36. The molecule has 25 heavy (non-hydrogen) atoms. The second kappa shape index (κ2) is 8.03. The van der Waals surface area contributed by atoms with Gasteiger partial charge in [-0.05, 0) is 42.5 Å². The van der Waals surface area contributed by atoms with Crippen LogP contribution in [-0.2, 0) is 14.8 Å². The molecule has 1 N–H and O–H groups in total. The van der Waals surface area contributed by atoms with Crippen LogP contribution < -0.4 is 0 Å². The zero-order chi connectivity index (χ0) is 18.6. The molecule has 0 saturated carbocycles. The molecule has 2 rings (SSSR count). The minimum absolute atomic E-state index is 0.0124. The van der Waals surface area contributed by atoms with Crippen molar-refractivity contribution in [2.24, 2.45) is 11.1 Å². The third-order valence-corrected chi connectivity index (χ3v) is 5.93. The van der Waals surface area contributed by atoms with Gasteiger partial charge in [-0.3, -0.25) is 4.79 Å². The Labute approximate surface area is 147 Å². The normalized spacial score (nSPS) is 20.1. The van der Waals surface area contributed by atoms with Crippen molar-refractivity contribution >= 4 is 16.0 Å². The molecule has 1 saturated heterocycles. The Balaban J connectivity index is 2.55. The maximum atomic E-state index is 13.2. The molecular weight excluding hydrogens is 346 g/mol. The highest BCUT2D eigenvalue weighted by Crippen LogP contribution is 2.30. The van der Waals surface area contributed by atoms with E-state index in [4.69, 9.17) is 0 Å². The number of carboxylic acids is 1. The van der Waals surface area contributed by atoms with E-state index in [2.05, 4.69) is 5.18 Å². The van der Waals surface area contributed by atoms with Gasteiger partial charge in [0.1, 0.15) is 6.04 Å². The predicted octanol–water partition coefficient (Wildman–Crippen LogP) is 2.28. The lowest BCUT2D eigenvalue weighted by atomic mass is 10.0. The van der Waals surface area contributed by atoms with Gasteiger partial charge in [-0.25, -0.2) is 8.42 Å². The van der Waals surface area contributed by atoms with E-state index in [0.717, 1.165) is 4.41 Å². The molecule has 138 valence electrons. The summed E-state index contributed by atoms with van der Waals surface area (Å²) in [5.74, 6) is -1.29. The van der Waals surface area contributed by atoms with Crippen LogP contribution in [0.5, 0.6) is 0 Å². The van der Waals surface area contributed by atoms with Crippen LogP contribution in [0.25, 0.3) is 0 Å². The lowest BCUT2D eigenvalue weighted by Crippen LogP contribution is -2.56. The van der Waals surface area contributed by atoms with Crippen LogP contribution in [0.2, 0.25) is 0 Å². The second-order valence-electron chi connectivity index (χ2n) is 6.47. The number of carboxylic acid groups (broad SMARTS) is 1. The molecule has 1 aromatic carbocycles. The molecule has 0 radical (unpaired) electrons. The van der Waals surface area contributed by atoms with Gasteiger partial charge >= 0.3 is 5.97 Å². The Morgan fingerprint density at radius 2 is 2.00 bits per heavy atom. The topological polar surface area (TPSA) is 107 Å². The Morgan fingerprint density at radius 1 is 1.36 bits per heavy atom. The fraction of sp³-hybridized carbons (Fsp3) is 0.562. The Morgan fingerprint density at radius 3 is 2.52 bits per heavy atom. The average molecular weight is 369 g/mol. The van der Waals surface area contributed by atoms with Crippen LogP contribution in [0.1, 0.15) is 33.1 Å². The van der Waals surface area contributed by atoms with Gasteiger partial charge in [-0.2, -0.15) is 5.01 Å². The monoisotopic (exact) mass is 369 g/mol. The Hall–Kier alpha value is -1.84. The van der Waals surface area contributed by atoms with Crippen molar-refractivity contribution in [3.63, 3.8) is 0 Å². The summed E-state index contributed by atoms with van der Waals surface area (Å²) in [6, 6.07) is 6.35. The fourth-order valence-electron chi connectivity index (χ4n) is 2.99. The Bertz CT molecular complexity index is 708. The predicted molar refractivity (Wildman–Crippen MR) is 91.9 cm³/mol. The quantitative estimate of drug-likeness (QED) is 0.705. The van der Waals surface area contributed by atoms with Crippen LogP contribution >= 0.6 is 0 Å². The first-order valence-electron chi connectivity index (χ1n) is 8.20. The zero-order valence-corrected chi connectivity index (χ0v) is 15.1. The van der Waals surface area contributed by atoms with Crippen LogP contribution in [0, 0.1) is 10.8 Å². The molecule has 1 fully saturated rings. The number of aliphatic carboxylic acids is 1. The van der Waals surface area contributed by atoms with E-state index >= 15 is 0 Å². The minimum Gasteiger partial charge on any atom is -0.480 e. The van der Waals surface area contributed by atoms with Crippen LogP contribution in [-0.4, -0.2) is 47.7 Å². The number of carbonyl (C=O) groups is 1. The van der Waals surface area contributed by atoms with Crippen molar-refractivity contribution in [1.29, 1.82) is 0 Å². The highest BCUT2D eigenvalue weighted by molar-refractivity contribution is 7.89. The van der Waals surface area contributed by atoms with E-state index in [1.165, 1.54) is 17.1 Å². The molecule has 0 aliphatic carbocycles. The molecule has 1 aliphatic heterocycles. The van der Waals surface area contributed by atoms with Gasteiger partial charge in [0, 0.05) is 6.54 Å². The Kier molecular flexibility index (Phi) is 6.26. The molecule has 1 aromatic rings. The van der Waals surface area contributed by atoms with Gasteiger partial charge < -0.3 is 5.11 Å². The van der Waals surface area contributed by atoms with Crippen molar-refractivity contribution in [2.45, 2.75) is 50.2 Å². The number of hydrogen-bond acceptors (Lipinski definition) is 6. The van der Waals surface area contributed by atoms with Crippen molar-refractivity contribution in [1.82, 2.24) is 9.42 Å². The summed E-state index contributed by atoms with van der Waals surface area (Å²) in [5, 5.41) is 14.0. The summed E-state index contributed by atoms with van der Waals surface area (Å²) in [5.41, 5.74) is 0. The number of hydrazine groups is 1. The highest BCUT2D eigenvalue weighted by atomic mass is 32.2. The number of nitroso groups, excluding NO2 is 1. The molecule has 8 nitrogen and oxygen atoms in total. The molecule has 0 amide bonds. The first-order chi connectivity index (χ1) is 11.8.